The minimum Gasteiger partial charge on any atom is -0.508 e. The molecule has 1 fully saturated rings. The summed E-state index contributed by atoms with van der Waals surface area (Å²) in [6.45, 7) is 1.25. The molecule has 5 heteroatoms. The third-order valence-corrected chi connectivity index (χ3v) is 2.37. The maximum absolute atomic E-state index is 11.5. The molecule has 16 heavy (non-hydrogen) atoms. The number of ether oxygens (including phenoxy) is 1. The number of nitrogens with one attached hydrogen (secondary N) is 2. The van der Waals surface area contributed by atoms with Crippen LogP contribution in [-0.2, 0) is 4.74 Å². The van der Waals surface area contributed by atoms with E-state index in [1.807, 2.05) is 0 Å². The van der Waals surface area contributed by atoms with Crippen molar-refractivity contribution in [3.8, 4) is 5.75 Å². The summed E-state index contributed by atoms with van der Waals surface area (Å²) in [5.74, 6) is 0.127. The summed E-state index contributed by atoms with van der Waals surface area (Å²) >= 11 is 0. The van der Waals surface area contributed by atoms with Gasteiger partial charge in [-0.25, -0.2) is 4.79 Å². The molecule has 1 unspecified atom stereocenters. The van der Waals surface area contributed by atoms with Crippen LogP contribution in [0.5, 0.6) is 5.75 Å². The SMILES string of the molecule is O=C(Nc1cccc(O)c1)NC1CCOC1. The molecule has 0 aliphatic carbocycles. The molecule has 1 saturated heterocycles. The van der Waals surface area contributed by atoms with Gasteiger partial charge in [0.05, 0.1) is 12.6 Å². The highest BCUT2D eigenvalue weighted by atomic mass is 16.5. The van der Waals surface area contributed by atoms with Crippen LogP contribution >= 0.6 is 0 Å². The van der Waals surface area contributed by atoms with Crippen molar-refractivity contribution < 1.29 is 14.6 Å². The summed E-state index contributed by atoms with van der Waals surface area (Å²) in [6.07, 6.45) is 0.841. The fourth-order valence-electron chi connectivity index (χ4n) is 1.58. The number of hydrogen-bond acceptors (Lipinski definition) is 3. The van der Waals surface area contributed by atoms with Gasteiger partial charge in [0.15, 0.2) is 0 Å². The predicted octanol–water partition coefficient (Wildman–Crippen LogP) is 1.30. The van der Waals surface area contributed by atoms with Crippen LogP contribution in [0.4, 0.5) is 10.5 Å². The molecule has 1 aromatic rings. The van der Waals surface area contributed by atoms with E-state index in [9.17, 15) is 9.90 Å². The number of rotatable bonds is 2. The van der Waals surface area contributed by atoms with Crippen molar-refractivity contribution in [1.29, 1.82) is 0 Å². The van der Waals surface area contributed by atoms with E-state index < -0.39 is 0 Å². The Hall–Kier alpha value is -1.75. The van der Waals surface area contributed by atoms with Gasteiger partial charge in [-0.2, -0.15) is 0 Å². The number of amides is 2. The largest absolute Gasteiger partial charge is 0.508 e. The third kappa shape index (κ3) is 2.87. The molecule has 0 saturated carbocycles. The summed E-state index contributed by atoms with van der Waals surface area (Å²) in [6, 6.07) is 6.23. The normalized spacial score (nSPS) is 19.4. The summed E-state index contributed by atoms with van der Waals surface area (Å²) in [5.41, 5.74) is 0.566. The van der Waals surface area contributed by atoms with Gasteiger partial charge in [0.25, 0.3) is 0 Å². The zero-order chi connectivity index (χ0) is 11.4. The van der Waals surface area contributed by atoms with Crippen LogP contribution in [-0.4, -0.2) is 30.4 Å². The summed E-state index contributed by atoms with van der Waals surface area (Å²) in [5, 5.41) is 14.7. The second kappa shape index (κ2) is 4.85. The van der Waals surface area contributed by atoms with Crippen molar-refractivity contribution in [1.82, 2.24) is 5.32 Å². The minimum atomic E-state index is -0.277. The molecule has 2 amide bonds. The van der Waals surface area contributed by atoms with Gasteiger partial charge < -0.3 is 20.5 Å². The lowest BCUT2D eigenvalue weighted by atomic mass is 10.2. The minimum absolute atomic E-state index is 0.0808. The Kier molecular flexibility index (Phi) is 3.26. The first kappa shape index (κ1) is 10.8. The van der Waals surface area contributed by atoms with Gasteiger partial charge in [0, 0.05) is 18.4 Å². The molecule has 0 bridgehead atoms. The van der Waals surface area contributed by atoms with Gasteiger partial charge in [0.1, 0.15) is 5.75 Å². The van der Waals surface area contributed by atoms with Crippen molar-refractivity contribution in [2.45, 2.75) is 12.5 Å². The Labute approximate surface area is 93.4 Å². The first-order valence-electron chi connectivity index (χ1n) is 5.18. The maximum Gasteiger partial charge on any atom is 0.319 e. The topological polar surface area (TPSA) is 70.6 Å². The highest BCUT2D eigenvalue weighted by molar-refractivity contribution is 5.89. The zero-order valence-corrected chi connectivity index (χ0v) is 8.77. The highest BCUT2D eigenvalue weighted by Crippen LogP contribution is 2.15. The molecule has 1 aliphatic rings. The molecule has 0 radical (unpaired) electrons. The predicted molar refractivity (Wildman–Crippen MR) is 59.5 cm³/mol. The number of phenols is 1. The molecule has 1 aliphatic heterocycles. The number of benzene rings is 1. The second-order valence-corrected chi connectivity index (χ2v) is 3.71. The molecule has 0 spiro atoms. The number of urea groups is 1. The van der Waals surface area contributed by atoms with Crippen molar-refractivity contribution in [2.24, 2.45) is 0 Å². The average Bonchev–Trinajstić information content (AvgIpc) is 2.70. The molecule has 86 valence electrons. The number of carbonyl (C=O) groups is 1. The lowest BCUT2D eigenvalue weighted by Gasteiger charge is -2.11. The van der Waals surface area contributed by atoms with E-state index in [4.69, 9.17) is 4.74 Å². The standard InChI is InChI=1S/C11H14N2O3/c14-10-3-1-2-8(6-10)12-11(15)13-9-4-5-16-7-9/h1-3,6,9,14H,4-5,7H2,(H2,12,13,15). The van der Waals surface area contributed by atoms with Gasteiger partial charge in [-0.1, -0.05) is 6.07 Å². The van der Waals surface area contributed by atoms with Crippen LogP contribution in [0.1, 0.15) is 6.42 Å². The van der Waals surface area contributed by atoms with E-state index in [-0.39, 0.29) is 17.8 Å². The monoisotopic (exact) mass is 222 g/mol. The zero-order valence-electron chi connectivity index (χ0n) is 8.77. The van der Waals surface area contributed by atoms with E-state index in [0.29, 0.717) is 18.9 Å². The van der Waals surface area contributed by atoms with E-state index in [2.05, 4.69) is 10.6 Å². The molecular formula is C11H14N2O3. The first-order valence-corrected chi connectivity index (χ1v) is 5.18. The summed E-state index contributed by atoms with van der Waals surface area (Å²) < 4.78 is 5.14. The van der Waals surface area contributed by atoms with E-state index >= 15 is 0 Å². The highest BCUT2D eigenvalue weighted by Gasteiger charge is 2.17. The molecule has 3 N–H and O–H groups in total. The molecule has 1 heterocycles. The maximum atomic E-state index is 11.5. The summed E-state index contributed by atoms with van der Waals surface area (Å²) in [4.78, 5) is 11.5. The average molecular weight is 222 g/mol. The van der Waals surface area contributed by atoms with Crippen LogP contribution in [0, 0.1) is 0 Å². The number of hydrogen-bond donors (Lipinski definition) is 3. The quantitative estimate of drug-likeness (QED) is 0.706. The van der Waals surface area contributed by atoms with E-state index in [1.165, 1.54) is 6.07 Å². The van der Waals surface area contributed by atoms with Gasteiger partial charge in [-0.05, 0) is 18.6 Å². The Morgan fingerprint density at radius 3 is 3.06 bits per heavy atom. The van der Waals surface area contributed by atoms with Gasteiger partial charge in [0.2, 0.25) is 0 Å². The first-order chi connectivity index (χ1) is 7.74. The second-order valence-electron chi connectivity index (χ2n) is 3.71. The smallest absolute Gasteiger partial charge is 0.319 e. The van der Waals surface area contributed by atoms with Gasteiger partial charge in [-0.3, -0.25) is 0 Å². The Balaban J connectivity index is 1.86. The number of anilines is 1. The summed E-state index contributed by atoms with van der Waals surface area (Å²) in [7, 11) is 0. The molecule has 0 aromatic heterocycles. The Morgan fingerprint density at radius 1 is 1.50 bits per heavy atom. The van der Waals surface area contributed by atoms with Crippen molar-refractivity contribution in [3.05, 3.63) is 24.3 Å². The van der Waals surface area contributed by atoms with Crippen LogP contribution in [0.25, 0.3) is 0 Å². The van der Waals surface area contributed by atoms with Crippen molar-refractivity contribution in [2.75, 3.05) is 18.5 Å². The molecule has 1 aromatic carbocycles. The lowest BCUT2D eigenvalue weighted by molar-refractivity contribution is 0.189. The van der Waals surface area contributed by atoms with E-state index in [1.54, 1.807) is 18.2 Å². The van der Waals surface area contributed by atoms with Gasteiger partial charge >= 0.3 is 6.03 Å². The van der Waals surface area contributed by atoms with Crippen LogP contribution in [0.15, 0.2) is 24.3 Å². The molecule has 2 rings (SSSR count). The Bertz CT molecular complexity index is 375. The van der Waals surface area contributed by atoms with Crippen LogP contribution < -0.4 is 10.6 Å². The number of carbonyl (C=O) groups excluding carboxylic acids is 1. The van der Waals surface area contributed by atoms with Crippen molar-refractivity contribution in [3.63, 3.8) is 0 Å². The number of aromatic hydroxyl groups is 1. The van der Waals surface area contributed by atoms with Crippen LogP contribution in [0.3, 0.4) is 0 Å². The fraction of sp³-hybridized carbons (Fsp3) is 0.364. The molecule has 5 nitrogen and oxygen atoms in total. The van der Waals surface area contributed by atoms with Crippen LogP contribution in [0.2, 0.25) is 0 Å². The Morgan fingerprint density at radius 2 is 2.38 bits per heavy atom. The number of phenolic OH excluding ortho intramolecular Hbond substituents is 1. The van der Waals surface area contributed by atoms with Crippen molar-refractivity contribution >= 4 is 11.7 Å². The lowest BCUT2D eigenvalue weighted by Crippen LogP contribution is -2.38. The van der Waals surface area contributed by atoms with E-state index in [0.717, 1.165) is 6.42 Å². The fourth-order valence-corrected chi connectivity index (χ4v) is 1.58. The van der Waals surface area contributed by atoms with Gasteiger partial charge in [-0.15, -0.1) is 0 Å². The third-order valence-electron chi connectivity index (χ3n) is 2.37. The molecular weight excluding hydrogens is 208 g/mol. The molecule has 1 atom stereocenters.